The molecule has 1 amide bonds. The van der Waals surface area contributed by atoms with Crippen molar-refractivity contribution in [2.24, 2.45) is 5.73 Å². The molecule has 0 radical (unpaired) electrons. The van der Waals surface area contributed by atoms with Crippen molar-refractivity contribution in [1.29, 1.82) is 0 Å². The van der Waals surface area contributed by atoms with E-state index in [2.05, 4.69) is 10.6 Å². The van der Waals surface area contributed by atoms with Gasteiger partial charge in [0.15, 0.2) is 0 Å². The summed E-state index contributed by atoms with van der Waals surface area (Å²) < 4.78 is 0. The number of benzene rings is 1. The molecule has 0 heterocycles. The third-order valence-electron chi connectivity index (χ3n) is 3.55. The number of hydrogen-bond donors (Lipinski definition) is 3. The molecule has 1 aromatic rings. The normalized spacial score (nSPS) is 14.0. The minimum absolute atomic E-state index is 0.0452. The van der Waals surface area contributed by atoms with Crippen LogP contribution in [0, 0.1) is 0 Å². The first-order valence-corrected chi connectivity index (χ1v) is 8.13. The Hall–Kier alpha value is -1.26. The topological polar surface area (TPSA) is 67.2 Å². The number of unbranched alkanes of at least 4 members (excludes halogenated alkanes) is 3. The predicted octanol–water partition coefficient (Wildman–Crippen LogP) is 3.76. The fourth-order valence-corrected chi connectivity index (χ4v) is 2.36. The summed E-state index contributed by atoms with van der Waals surface area (Å²) in [5.41, 5.74) is 7.19. The van der Waals surface area contributed by atoms with Gasteiger partial charge in [-0.1, -0.05) is 24.4 Å². The number of carbonyl (C=O) groups is 1. The van der Waals surface area contributed by atoms with Crippen LogP contribution in [0.5, 0.6) is 0 Å². The van der Waals surface area contributed by atoms with Crippen LogP contribution in [-0.4, -0.2) is 18.5 Å². The highest BCUT2D eigenvalue weighted by Crippen LogP contribution is 2.31. The van der Waals surface area contributed by atoms with Gasteiger partial charge in [0.2, 0.25) is 5.91 Å². The molecule has 0 spiro atoms. The van der Waals surface area contributed by atoms with Crippen LogP contribution in [0.15, 0.2) is 18.2 Å². The third-order valence-corrected chi connectivity index (χ3v) is 3.79. The molecular weight excluding hydrogens is 286 g/mol. The van der Waals surface area contributed by atoms with E-state index >= 15 is 0 Å². The molecule has 21 heavy (non-hydrogen) atoms. The van der Waals surface area contributed by atoms with Gasteiger partial charge in [0, 0.05) is 17.5 Å². The Kier molecular flexibility index (Phi) is 6.33. The highest BCUT2D eigenvalue weighted by Gasteiger charge is 2.22. The van der Waals surface area contributed by atoms with Gasteiger partial charge in [0.05, 0.1) is 11.4 Å². The molecule has 2 rings (SSSR count). The highest BCUT2D eigenvalue weighted by atomic mass is 35.5. The van der Waals surface area contributed by atoms with Crippen LogP contribution in [0.2, 0.25) is 5.02 Å². The first kappa shape index (κ1) is 16.1. The Balaban J connectivity index is 1.82. The molecule has 1 fully saturated rings. The van der Waals surface area contributed by atoms with Crippen LogP contribution < -0.4 is 16.4 Å². The molecule has 1 aliphatic carbocycles. The van der Waals surface area contributed by atoms with Crippen molar-refractivity contribution >= 4 is 28.9 Å². The second-order valence-corrected chi connectivity index (χ2v) is 6.05. The van der Waals surface area contributed by atoms with Crippen molar-refractivity contribution in [2.75, 3.05) is 17.2 Å². The summed E-state index contributed by atoms with van der Waals surface area (Å²) in [4.78, 5) is 12.0. The average molecular weight is 310 g/mol. The summed E-state index contributed by atoms with van der Waals surface area (Å²) in [5.74, 6) is 0.0452. The number of nitrogens with one attached hydrogen (secondary N) is 2. The SMILES string of the molecule is NCCCCCCC(=O)Nc1cc(Cl)ccc1NC1CC1. The maximum Gasteiger partial charge on any atom is 0.224 e. The summed E-state index contributed by atoms with van der Waals surface area (Å²) in [7, 11) is 0. The second-order valence-electron chi connectivity index (χ2n) is 5.61. The van der Waals surface area contributed by atoms with E-state index in [0.717, 1.165) is 43.6 Å². The number of anilines is 2. The summed E-state index contributed by atoms with van der Waals surface area (Å²) in [6.45, 7) is 0.727. The first-order valence-electron chi connectivity index (χ1n) is 7.75. The molecule has 0 bridgehead atoms. The molecule has 0 aromatic heterocycles. The lowest BCUT2D eigenvalue weighted by atomic mass is 10.1. The average Bonchev–Trinajstić information content (AvgIpc) is 3.26. The van der Waals surface area contributed by atoms with Gasteiger partial charge >= 0.3 is 0 Å². The van der Waals surface area contributed by atoms with E-state index in [1.807, 2.05) is 12.1 Å². The van der Waals surface area contributed by atoms with Crippen molar-refractivity contribution in [1.82, 2.24) is 0 Å². The Labute approximate surface area is 131 Å². The quantitative estimate of drug-likeness (QED) is 0.608. The Bertz CT molecular complexity index is 475. The van der Waals surface area contributed by atoms with Crippen LogP contribution in [0.4, 0.5) is 11.4 Å². The molecule has 0 aliphatic heterocycles. The molecule has 0 unspecified atom stereocenters. The number of halogens is 1. The van der Waals surface area contributed by atoms with Crippen LogP contribution in [0.3, 0.4) is 0 Å². The van der Waals surface area contributed by atoms with Crippen molar-refractivity contribution in [3.63, 3.8) is 0 Å². The molecule has 1 saturated carbocycles. The monoisotopic (exact) mass is 309 g/mol. The maximum absolute atomic E-state index is 12.0. The highest BCUT2D eigenvalue weighted by molar-refractivity contribution is 6.31. The molecule has 4 nitrogen and oxygen atoms in total. The maximum atomic E-state index is 12.0. The van der Waals surface area contributed by atoms with Crippen molar-refractivity contribution in [3.8, 4) is 0 Å². The lowest BCUT2D eigenvalue weighted by molar-refractivity contribution is -0.116. The summed E-state index contributed by atoms with van der Waals surface area (Å²) >= 11 is 6.02. The van der Waals surface area contributed by atoms with Gasteiger partial charge in [0.25, 0.3) is 0 Å². The van der Waals surface area contributed by atoms with Gasteiger partial charge in [-0.2, -0.15) is 0 Å². The summed E-state index contributed by atoms with van der Waals surface area (Å²) in [6.07, 6.45) is 7.00. The van der Waals surface area contributed by atoms with Gasteiger partial charge in [0.1, 0.15) is 0 Å². The molecule has 4 N–H and O–H groups in total. The largest absolute Gasteiger partial charge is 0.381 e. The Morgan fingerprint density at radius 2 is 1.95 bits per heavy atom. The fourth-order valence-electron chi connectivity index (χ4n) is 2.19. The molecule has 0 saturated heterocycles. The minimum atomic E-state index is 0.0452. The van der Waals surface area contributed by atoms with E-state index in [0.29, 0.717) is 17.5 Å². The van der Waals surface area contributed by atoms with Crippen LogP contribution in [0.1, 0.15) is 44.9 Å². The lowest BCUT2D eigenvalue weighted by Gasteiger charge is -2.13. The zero-order chi connectivity index (χ0) is 15.1. The molecule has 0 atom stereocenters. The van der Waals surface area contributed by atoms with E-state index in [-0.39, 0.29) is 5.91 Å². The lowest BCUT2D eigenvalue weighted by Crippen LogP contribution is -2.13. The number of carbonyl (C=O) groups excluding carboxylic acids is 1. The molecule has 1 aromatic carbocycles. The number of nitrogens with two attached hydrogens (primary N) is 1. The van der Waals surface area contributed by atoms with Gasteiger partial charge in [-0.3, -0.25) is 4.79 Å². The predicted molar refractivity (Wildman–Crippen MR) is 88.9 cm³/mol. The van der Waals surface area contributed by atoms with Gasteiger partial charge in [-0.25, -0.2) is 0 Å². The Morgan fingerprint density at radius 1 is 1.19 bits per heavy atom. The van der Waals surface area contributed by atoms with E-state index in [1.165, 1.54) is 12.8 Å². The van der Waals surface area contributed by atoms with E-state index in [9.17, 15) is 4.79 Å². The summed E-state index contributed by atoms with van der Waals surface area (Å²) in [6, 6.07) is 6.11. The smallest absolute Gasteiger partial charge is 0.224 e. The zero-order valence-corrected chi connectivity index (χ0v) is 13.1. The third kappa shape index (κ3) is 5.94. The summed E-state index contributed by atoms with van der Waals surface area (Å²) in [5, 5.41) is 7.01. The Morgan fingerprint density at radius 3 is 2.67 bits per heavy atom. The van der Waals surface area contributed by atoms with Gasteiger partial charge < -0.3 is 16.4 Å². The van der Waals surface area contributed by atoms with E-state index < -0.39 is 0 Å². The van der Waals surface area contributed by atoms with Crippen molar-refractivity contribution in [2.45, 2.75) is 51.0 Å². The van der Waals surface area contributed by atoms with E-state index in [1.54, 1.807) is 6.07 Å². The molecular formula is C16H24ClN3O. The molecule has 1 aliphatic rings. The standard InChI is InChI=1S/C16H24ClN3O/c17-12-6-9-14(19-13-7-8-13)15(11-12)20-16(21)5-3-1-2-4-10-18/h6,9,11,13,19H,1-5,7-8,10,18H2,(H,20,21). The van der Waals surface area contributed by atoms with Gasteiger partial charge in [-0.15, -0.1) is 0 Å². The van der Waals surface area contributed by atoms with Crippen LogP contribution in [0.25, 0.3) is 0 Å². The first-order chi connectivity index (χ1) is 10.2. The van der Waals surface area contributed by atoms with E-state index in [4.69, 9.17) is 17.3 Å². The van der Waals surface area contributed by atoms with Crippen LogP contribution in [-0.2, 0) is 4.79 Å². The number of rotatable bonds is 9. The van der Waals surface area contributed by atoms with Crippen molar-refractivity contribution in [3.05, 3.63) is 23.2 Å². The number of amides is 1. The minimum Gasteiger partial charge on any atom is -0.381 e. The molecule has 5 heteroatoms. The number of hydrogen-bond acceptors (Lipinski definition) is 3. The molecule has 116 valence electrons. The van der Waals surface area contributed by atoms with Crippen LogP contribution >= 0.6 is 11.6 Å². The zero-order valence-electron chi connectivity index (χ0n) is 12.3. The fraction of sp³-hybridized carbons (Fsp3) is 0.562. The second kappa shape index (κ2) is 8.25. The van der Waals surface area contributed by atoms with Gasteiger partial charge in [-0.05, 0) is 50.4 Å². The van der Waals surface area contributed by atoms with Crippen molar-refractivity contribution < 1.29 is 4.79 Å².